The van der Waals surface area contributed by atoms with E-state index < -0.39 is 5.60 Å². The maximum absolute atomic E-state index is 11.6. The van der Waals surface area contributed by atoms with Crippen molar-refractivity contribution >= 4 is 17.1 Å². The zero-order valence-electron chi connectivity index (χ0n) is 16.0. The van der Waals surface area contributed by atoms with Gasteiger partial charge in [-0.3, -0.25) is 4.79 Å². The fraction of sp³-hybridized carbons (Fsp3) is 0.304. The van der Waals surface area contributed by atoms with Gasteiger partial charge in [-0.25, -0.2) is 4.98 Å². The molecule has 1 aliphatic carbocycles. The average Bonchev–Trinajstić information content (AvgIpc) is 3.22. The van der Waals surface area contributed by atoms with Crippen LogP contribution < -0.4 is 0 Å². The summed E-state index contributed by atoms with van der Waals surface area (Å²) in [6, 6.07) is 15.2. The Balaban J connectivity index is 1.80. The van der Waals surface area contributed by atoms with Gasteiger partial charge in [0.1, 0.15) is 16.4 Å². The third kappa shape index (κ3) is 4.02. The molecule has 0 atom stereocenters. The van der Waals surface area contributed by atoms with Gasteiger partial charge in [-0.1, -0.05) is 48.5 Å². The number of nitrogens with zero attached hydrogens (tertiary/aromatic N) is 1. The van der Waals surface area contributed by atoms with Gasteiger partial charge in [0, 0.05) is 18.4 Å². The molecular formula is C23H23NO4S. The minimum absolute atomic E-state index is 0.0164. The van der Waals surface area contributed by atoms with Crippen LogP contribution >= 0.6 is 11.3 Å². The maximum atomic E-state index is 11.6. The topological polar surface area (TPSA) is 90.7 Å². The van der Waals surface area contributed by atoms with E-state index in [9.17, 15) is 20.1 Å². The summed E-state index contributed by atoms with van der Waals surface area (Å²) in [6.07, 6.45) is 1.53. The van der Waals surface area contributed by atoms with Crippen molar-refractivity contribution in [3.63, 3.8) is 0 Å². The van der Waals surface area contributed by atoms with Crippen molar-refractivity contribution in [3.05, 3.63) is 64.7 Å². The third-order valence-electron chi connectivity index (χ3n) is 5.47. The molecule has 150 valence electrons. The summed E-state index contributed by atoms with van der Waals surface area (Å²) in [5.41, 5.74) is 3.21. The molecule has 1 fully saturated rings. The second kappa shape index (κ2) is 8.16. The van der Waals surface area contributed by atoms with E-state index in [2.05, 4.69) is 0 Å². The fourth-order valence-electron chi connectivity index (χ4n) is 3.60. The molecule has 2 aromatic carbocycles. The highest BCUT2D eigenvalue weighted by molar-refractivity contribution is 7.15. The second-order valence-electron chi connectivity index (χ2n) is 7.48. The minimum Gasteiger partial charge on any atom is -0.392 e. The molecule has 3 aromatic rings. The predicted molar refractivity (Wildman–Crippen MR) is 112 cm³/mol. The number of Topliss-reactive ketones (excluding diaryl/α,β-unsaturated/α-hetero) is 1. The van der Waals surface area contributed by atoms with Crippen molar-refractivity contribution in [2.75, 3.05) is 0 Å². The summed E-state index contributed by atoms with van der Waals surface area (Å²) in [5, 5.41) is 30.5. The van der Waals surface area contributed by atoms with Gasteiger partial charge in [-0.2, -0.15) is 0 Å². The zero-order chi connectivity index (χ0) is 20.4. The number of hydrogen-bond donors (Lipinski definition) is 3. The number of aromatic nitrogens is 1. The van der Waals surface area contributed by atoms with E-state index in [4.69, 9.17) is 4.98 Å². The van der Waals surface area contributed by atoms with E-state index in [1.54, 1.807) is 0 Å². The molecule has 0 radical (unpaired) electrons. The van der Waals surface area contributed by atoms with E-state index in [0.29, 0.717) is 30.7 Å². The van der Waals surface area contributed by atoms with Crippen LogP contribution in [0.15, 0.2) is 48.5 Å². The number of ketones is 1. The van der Waals surface area contributed by atoms with Crippen LogP contribution in [0.2, 0.25) is 0 Å². The van der Waals surface area contributed by atoms with Gasteiger partial charge in [0.15, 0.2) is 0 Å². The fourth-order valence-corrected chi connectivity index (χ4v) is 4.83. The molecule has 1 aliphatic rings. The van der Waals surface area contributed by atoms with E-state index in [1.807, 2.05) is 48.5 Å². The monoisotopic (exact) mass is 409 g/mol. The molecule has 29 heavy (non-hydrogen) atoms. The molecule has 6 heteroatoms. The number of carbonyl (C=O) groups is 1. The largest absolute Gasteiger partial charge is 0.392 e. The quantitative estimate of drug-likeness (QED) is 0.596. The molecule has 0 spiro atoms. The molecule has 4 rings (SSSR count). The molecule has 0 unspecified atom stereocenters. The molecule has 0 saturated heterocycles. The van der Waals surface area contributed by atoms with Gasteiger partial charge in [0.05, 0.1) is 23.8 Å². The Labute approximate surface area is 173 Å². The normalized spacial score (nSPS) is 16.2. The molecule has 1 heterocycles. The minimum atomic E-state index is -1.08. The van der Waals surface area contributed by atoms with E-state index >= 15 is 0 Å². The molecule has 1 saturated carbocycles. The SMILES string of the molecule is O=C1CCC(O)(c2nc(-c3ccc(CO)cc3)c(-c3ccc(CO)cc3)s2)CC1. The van der Waals surface area contributed by atoms with Gasteiger partial charge in [0.25, 0.3) is 0 Å². The molecule has 0 amide bonds. The predicted octanol–water partition coefficient (Wildman–Crippen LogP) is 3.79. The molecule has 1 aromatic heterocycles. The Morgan fingerprint density at radius 3 is 1.90 bits per heavy atom. The van der Waals surface area contributed by atoms with Gasteiger partial charge >= 0.3 is 0 Å². The summed E-state index contributed by atoms with van der Waals surface area (Å²) in [5.74, 6) is 0.186. The highest BCUT2D eigenvalue weighted by Crippen LogP contribution is 2.44. The Kier molecular flexibility index (Phi) is 5.61. The number of benzene rings is 2. The second-order valence-corrected chi connectivity index (χ2v) is 8.48. The standard InChI is InChI=1S/C23H23NO4S/c25-13-15-1-5-17(6-2-15)20-21(18-7-3-16(14-26)4-8-18)29-22(24-20)23(28)11-9-19(27)10-12-23/h1-8,25-26,28H,9-14H2. The van der Waals surface area contributed by atoms with Crippen molar-refractivity contribution < 1.29 is 20.1 Å². The number of aliphatic hydroxyl groups is 3. The van der Waals surface area contributed by atoms with Crippen LogP contribution in [0.5, 0.6) is 0 Å². The summed E-state index contributed by atoms with van der Waals surface area (Å²) in [7, 11) is 0. The van der Waals surface area contributed by atoms with Crippen molar-refractivity contribution in [1.82, 2.24) is 4.98 Å². The van der Waals surface area contributed by atoms with Gasteiger partial charge < -0.3 is 15.3 Å². The number of rotatable bonds is 5. The highest BCUT2D eigenvalue weighted by atomic mass is 32.1. The molecule has 5 nitrogen and oxygen atoms in total. The summed E-state index contributed by atoms with van der Waals surface area (Å²) < 4.78 is 0. The first-order chi connectivity index (χ1) is 14.0. The Hall–Kier alpha value is -2.38. The maximum Gasteiger partial charge on any atom is 0.133 e. The molecule has 3 N–H and O–H groups in total. The van der Waals surface area contributed by atoms with Crippen molar-refractivity contribution in [1.29, 1.82) is 0 Å². The average molecular weight is 410 g/mol. The van der Waals surface area contributed by atoms with Crippen LogP contribution in [0, 0.1) is 0 Å². The Bertz CT molecular complexity index is 933. The van der Waals surface area contributed by atoms with E-state index in [-0.39, 0.29) is 19.0 Å². The highest BCUT2D eigenvalue weighted by Gasteiger charge is 2.37. The Morgan fingerprint density at radius 2 is 1.38 bits per heavy atom. The van der Waals surface area contributed by atoms with E-state index in [1.165, 1.54) is 11.3 Å². The summed E-state index contributed by atoms with van der Waals surface area (Å²) >= 11 is 1.45. The Morgan fingerprint density at radius 1 is 0.862 bits per heavy atom. The number of thiazole rings is 1. The van der Waals surface area contributed by atoms with Gasteiger partial charge in [0.2, 0.25) is 0 Å². The van der Waals surface area contributed by atoms with Crippen LogP contribution in [-0.2, 0) is 23.6 Å². The van der Waals surface area contributed by atoms with E-state index in [0.717, 1.165) is 32.8 Å². The van der Waals surface area contributed by atoms with Crippen LogP contribution in [0.4, 0.5) is 0 Å². The zero-order valence-corrected chi connectivity index (χ0v) is 16.8. The lowest BCUT2D eigenvalue weighted by molar-refractivity contribution is -0.125. The lowest BCUT2D eigenvalue weighted by Gasteiger charge is -2.29. The summed E-state index contributed by atoms with van der Waals surface area (Å²) in [6.45, 7) is -0.0384. The number of aliphatic hydroxyl groups excluding tert-OH is 2. The molecular weight excluding hydrogens is 386 g/mol. The molecule has 0 bridgehead atoms. The smallest absolute Gasteiger partial charge is 0.133 e. The van der Waals surface area contributed by atoms with Crippen LogP contribution in [-0.4, -0.2) is 26.1 Å². The van der Waals surface area contributed by atoms with Crippen LogP contribution in [0.1, 0.15) is 41.8 Å². The van der Waals surface area contributed by atoms with Gasteiger partial charge in [-0.05, 0) is 29.5 Å². The number of hydrogen-bond acceptors (Lipinski definition) is 6. The van der Waals surface area contributed by atoms with Crippen LogP contribution in [0.3, 0.4) is 0 Å². The van der Waals surface area contributed by atoms with Crippen molar-refractivity contribution in [2.24, 2.45) is 0 Å². The first-order valence-corrected chi connectivity index (χ1v) is 10.5. The lowest BCUT2D eigenvalue weighted by atomic mass is 9.84. The lowest BCUT2D eigenvalue weighted by Crippen LogP contribution is -2.31. The van der Waals surface area contributed by atoms with Crippen molar-refractivity contribution in [3.8, 4) is 21.7 Å². The number of carbonyl (C=O) groups excluding carboxylic acids is 1. The first-order valence-electron chi connectivity index (χ1n) is 9.68. The van der Waals surface area contributed by atoms with Crippen molar-refractivity contribution in [2.45, 2.75) is 44.5 Å². The first kappa shape index (κ1) is 19.9. The van der Waals surface area contributed by atoms with Crippen LogP contribution in [0.25, 0.3) is 21.7 Å². The van der Waals surface area contributed by atoms with Gasteiger partial charge in [-0.15, -0.1) is 11.3 Å². The third-order valence-corrected chi connectivity index (χ3v) is 6.77. The molecule has 0 aliphatic heterocycles. The summed E-state index contributed by atoms with van der Waals surface area (Å²) in [4.78, 5) is 17.4.